The second-order valence-electron chi connectivity index (χ2n) is 5.44. The van der Waals surface area contributed by atoms with Gasteiger partial charge >= 0.3 is 0 Å². The van der Waals surface area contributed by atoms with Gasteiger partial charge in [-0.05, 0) is 38.1 Å². The van der Waals surface area contributed by atoms with Crippen molar-refractivity contribution in [1.29, 1.82) is 0 Å². The van der Waals surface area contributed by atoms with Crippen LogP contribution in [-0.4, -0.2) is 43.0 Å². The van der Waals surface area contributed by atoms with E-state index < -0.39 is 5.66 Å². The first-order valence-electron chi connectivity index (χ1n) is 7.32. The molecule has 0 atom stereocenters. The number of hydrogen-bond acceptors (Lipinski definition) is 8. The maximum Gasteiger partial charge on any atom is 0.226 e. The van der Waals surface area contributed by atoms with Crippen LogP contribution in [0.15, 0.2) is 34.3 Å². The van der Waals surface area contributed by atoms with Gasteiger partial charge < -0.3 is 20.9 Å². The number of methoxy groups -OCH3 is 1. The molecule has 0 aliphatic carbocycles. The van der Waals surface area contributed by atoms with Gasteiger partial charge in [0, 0.05) is 6.42 Å². The highest BCUT2D eigenvalue weighted by Gasteiger charge is 2.32. The molecule has 0 fully saturated rings. The molecule has 0 bridgehead atoms. The van der Waals surface area contributed by atoms with E-state index in [4.69, 9.17) is 25.8 Å². The van der Waals surface area contributed by atoms with Crippen LogP contribution >= 0.6 is 12.4 Å². The average molecular weight is 358 g/mol. The van der Waals surface area contributed by atoms with Crippen LogP contribution in [0.3, 0.4) is 0 Å². The van der Waals surface area contributed by atoms with E-state index in [-0.39, 0.29) is 24.3 Å². The van der Waals surface area contributed by atoms with Gasteiger partial charge in [-0.2, -0.15) is 10.1 Å². The van der Waals surface area contributed by atoms with Gasteiger partial charge in [0.1, 0.15) is 11.5 Å². The molecule has 1 aliphatic rings. The maximum atomic E-state index is 5.83. The Kier molecular flexibility index (Phi) is 7.12. The predicted molar refractivity (Wildman–Crippen MR) is 95.5 cm³/mol. The highest BCUT2D eigenvalue weighted by atomic mass is 35.5. The molecular formula is C15H24ClN5O3. The number of benzene rings is 1. The van der Waals surface area contributed by atoms with Crippen LogP contribution in [0.1, 0.15) is 20.3 Å². The zero-order valence-electron chi connectivity index (χ0n) is 14.1. The molecule has 1 heterocycles. The van der Waals surface area contributed by atoms with Crippen molar-refractivity contribution < 1.29 is 14.3 Å². The minimum atomic E-state index is -0.688. The average Bonchev–Trinajstić information content (AvgIpc) is 2.49. The number of nitrogens with zero attached hydrogens (tertiary/aromatic N) is 3. The Hall–Kier alpha value is -2.19. The van der Waals surface area contributed by atoms with Gasteiger partial charge in [-0.3, -0.25) is 4.84 Å². The lowest BCUT2D eigenvalue weighted by Gasteiger charge is -2.36. The molecule has 0 aromatic heterocycles. The number of hydroxylamine groups is 2. The van der Waals surface area contributed by atoms with Gasteiger partial charge in [0.15, 0.2) is 5.66 Å². The van der Waals surface area contributed by atoms with E-state index in [1.807, 2.05) is 38.1 Å². The molecule has 0 saturated carbocycles. The molecule has 24 heavy (non-hydrogen) atoms. The Morgan fingerprint density at radius 3 is 2.29 bits per heavy atom. The highest BCUT2D eigenvalue weighted by molar-refractivity contribution is 5.95. The van der Waals surface area contributed by atoms with Crippen molar-refractivity contribution in [1.82, 2.24) is 5.06 Å². The first kappa shape index (κ1) is 19.9. The molecule has 134 valence electrons. The zero-order chi connectivity index (χ0) is 16.9. The summed E-state index contributed by atoms with van der Waals surface area (Å²) in [6.07, 6.45) is 0.686. The van der Waals surface area contributed by atoms with Crippen molar-refractivity contribution in [2.45, 2.75) is 25.9 Å². The standard InChI is InChI=1S/C15H23N5O3.ClH/c1-15(2)19-13(16)18-14(17)20(15)23-10-4-9-22-12-7-5-11(21-3)6-8-12;/h5-8H,4,9-10H2,1-3H3,(H4,16,17,18,19);1H. The number of hydrogen-bond donors (Lipinski definition) is 2. The molecule has 0 amide bonds. The Morgan fingerprint density at radius 1 is 1.08 bits per heavy atom. The summed E-state index contributed by atoms with van der Waals surface area (Å²) in [4.78, 5) is 13.7. The molecule has 0 saturated heterocycles. The molecule has 1 aromatic rings. The van der Waals surface area contributed by atoms with Crippen molar-refractivity contribution in [3.05, 3.63) is 24.3 Å². The largest absolute Gasteiger partial charge is 0.497 e. The Balaban J connectivity index is 0.00000288. The van der Waals surface area contributed by atoms with E-state index in [9.17, 15) is 0 Å². The van der Waals surface area contributed by atoms with E-state index in [1.165, 1.54) is 5.06 Å². The van der Waals surface area contributed by atoms with Gasteiger partial charge in [-0.25, -0.2) is 4.99 Å². The maximum absolute atomic E-state index is 5.83. The molecular weight excluding hydrogens is 334 g/mol. The molecule has 0 spiro atoms. The Morgan fingerprint density at radius 2 is 1.71 bits per heavy atom. The van der Waals surface area contributed by atoms with Crippen molar-refractivity contribution in [2.24, 2.45) is 21.5 Å². The molecule has 1 aliphatic heterocycles. The third-order valence-corrected chi connectivity index (χ3v) is 3.16. The number of aliphatic imine (C=N–C) groups is 2. The molecule has 0 radical (unpaired) electrons. The summed E-state index contributed by atoms with van der Waals surface area (Å²) >= 11 is 0. The van der Waals surface area contributed by atoms with Crippen LogP contribution in [0.5, 0.6) is 11.5 Å². The normalized spacial score (nSPS) is 15.9. The topological polar surface area (TPSA) is 108 Å². The summed E-state index contributed by atoms with van der Waals surface area (Å²) in [6.45, 7) is 4.62. The first-order valence-corrected chi connectivity index (χ1v) is 7.32. The third-order valence-electron chi connectivity index (χ3n) is 3.16. The second-order valence-corrected chi connectivity index (χ2v) is 5.44. The second kappa shape index (κ2) is 8.60. The van der Waals surface area contributed by atoms with Crippen molar-refractivity contribution in [2.75, 3.05) is 20.3 Å². The summed E-state index contributed by atoms with van der Waals surface area (Å²) in [5.41, 5.74) is 10.7. The zero-order valence-corrected chi connectivity index (χ0v) is 14.9. The van der Waals surface area contributed by atoms with Crippen LogP contribution in [0, 0.1) is 0 Å². The molecule has 8 nitrogen and oxygen atoms in total. The van der Waals surface area contributed by atoms with Crippen LogP contribution in [-0.2, 0) is 4.84 Å². The van der Waals surface area contributed by atoms with E-state index >= 15 is 0 Å². The summed E-state index contributed by atoms with van der Waals surface area (Å²) in [6, 6.07) is 7.41. The Labute approximate surface area is 147 Å². The highest BCUT2D eigenvalue weighted by Crippen LogP contribution is 2.20. The van der Waals surface area contributed by atoms with Gasteiger partial charge in [0.05, 0.1) is 20.3 Å². The summed E-state index contributed by atoms with van der Waals surface area (Å²) in [5.74, 6) is 1.92. The van der Waals surface area contributed by atoms with Crippen molar-refractivity contribution >= 4 is 24.3 Å². The third kappa shape index (κ3) is 5.17. The minimum absolute atomic E-state index is 0. The monoisotopic (exact) mass is 357 g/mol. The molecule has 0 unspecified atom stereocenters. The van der Waals surface area contributed by atoms with E-state index in [1.54, 1.807) is 7.11 Å². The fourth-order valence-corrected chi connectivity index (χ4v) is 2.09. The number of halogens is 1. The van der Waals surface area contributed by atoms with Crippen LogP contribution < -0.4 is 20.9 Å². The van der Waals surface area contributed by atoms with Gasteiger partial charge in [0.25, 0.3) is 0 Å². The number of ether oxygens (including phenoxy) is 2. The molecule has 1 aromatic carbocycles. The lowest BCUT2D eigenvalue weighted by molar-refractivity contribution is -0.158. The van der Waals surface area contributed by atoms with E-state index in [2.05, 4.69) is 9.98 Å². The summed E-state index contributed by atoms with van der Waals surface area (Å²) in [5, 5.41) is 1.46. The van der Waals surface area contributed by atoms with Crippen molar-refractivity contribution in [3.63, 3.8) is 0 Å². The first-order chi connectivity index (χ1) is 10.9. The summed E-state index contributed by atoms with van der Waals surface area (Å²) < 4.78 is 10.7. The SMILES string of the molecule is COc1ccc(OCCCON2C(N)=NC(N)=NC2(C)C)cc1.Cl. The molecule has 9 heteroatoms. The number of guanidine groups is 2. The fraction of sp³-hybridized carbons (Fsp3) is 0.467. The molecule has 2 rings (SSSR count). The fourth-order valence-electron chi connectivity index (χ4n) is 2.09. The van der Waals surface area contributed by atoms with Crippen molar-refractivity contribution in [3.8, 4) is 11.5 Å². The van der Waals surface area contributed by atoms with Crippen LogP contribution in [0.4, 0.5) is 0 Å². The number of nitrogens with two attached hydrogens (primary N) is 2. The van der Waals surface area contributed by atoms with Crippen LogP contribution in [0.2, 0.25) is 0 Å². The van der Waals surface area contributed by atoms with Gasteiger partial charge in [0.2, 0.25) is 11.9 Å². The summed E-state index contributed by atoms with van der Waals surface area (Å²) in [7, 11) is 1.63. The number of rotatable bonds is 7. The van der Waals surface area contributed by atoms with E-state index in [0.29, 0.717) is 19.6 Å². The quantitative estimate of drug-likeness (QED) is 0.716. The Bertz CT molecular complexity index is 589. The van der Waals surface area contributed by atoms with Gasteiger partial charge in [-0.15, -0.1) is 12.4 Å². The molecule has 4 N–H and O–H groups in total. The van der Waals surface area contributed by atoms with Gasteiger partial charge in [-0.1, -0.05) is 0 Å². The minimum Gasteiger partial charge on any atom is -0.497 e. The van der Waals surface area contributed by atoms with Crippen LogP contribution in [0.25, 0.3) is 0 Å². The lowest BCUT2D eigenvalue weighted by atomic mass is 10.2. The predicted octanol–water partition coefficient (Wildman–Crippen LogP) is 1.50. The van der Waals surface area contributed by atoms with E-state index in [0.717, 1.165) is 11.5 Å². The smallest absolute Gasteiger partial charge is 0.226 e. The lowest BCUT2D eigenvalue weighted by Crippen LogP contribution is -2.53.